The first-order valence-corrected chi connectivity index (χ1v) is 8.27. The Labute approximate surface area is 145 Å². The van der Waals surface area contributed by atoms with E-state index in [4.69, 9.17) is 0 Å². The van der Waals surface area contributed by atoms with E-state index in [1.807, 2.05) is 4.90 Å². The van der Waals surface area contributed by atoms with Crippen LogP contribution in [0.25, 0.3) is 0 Å². The fourth-order valence-electron chi connectivity index (χ4n) is 3.06. The summed E-state index contributed by atoms with van der Waals surface area (Å²) in [6.45, 7) is 1.28. The highest BCUT2D eigenvalue weighted by atomic mass is 19.1. The fourth-order valence-corrected chi connectivity index (χ4v) is 3.06. The smallest absolute Gasteiger partial charge is 0.319 e. The number of hydrogen-bond acceptors (Lipinski definition) is 3. The molecule has 0 bridgehead atoms. The van der Waals surface area contributed by atoms with Crippen molar-refractivity contribution in [1.82, 2.24) is 9.88 Å². The highest BCUT2D eigenvalue weighted by molar-refractivity contribution is 5.89. The molecule has 132 valence electrons. The third kappa shape index (κ3) is 3.99. The zero-order valence-corrected chi connectivity index (χ0v) is 14.0. The van der Waals surface area contributed by atoms with E-state index in [9.17, 15) is 14.0 Å². The predicted molar refractivity (Wildman–Crippen MR) is 95.5 cm³/mol. The number of piperidine rings is 1. The number of urea groups is 1. The standard InChI is InChI=1S/C18H21FN4O2/c1-22-10-5-8-15(17(22)24)21-18(25)20-13-6-4-11-23(12-13)16-9-3-2-7-14(16)19/h2-3,5,7-10,13H,4,6,11-12H2,1H3,(H2,20,21,25)/t13-/m1/s1. The van der Waals surface area contributed by atoms with Gasteiger partial charge in [0.25, 0.3) is 5.56 Å². The van der Waals surface area contributed by atoms with Crippen LogP contribution in [0, 0.1) is 5.82 Å². The van der Waals surface area contributed by atoms with Crippen molar-refractivity contribution in [2.24, 2.45) is 7.05 Å². The van der Waals surface area contributed by atoms with Gasteiger partial charge in [0.2, 0.25) is 0 Å². The number of nitrogens with zero attached hydrogens (tertiary/aromatic N) is 2. The average molecular weight is 344 g/mol. The lowest BCUT2D eigenvalue weighted by molar-refractivity contribution is 0.246. The number of carbonyl (C=O) groups is 1. The molecule has 1 atom stereocenters. The van der Waals surface area contributed by atoms with Gasteiger partial charge in [0.15, 0.2) is 0 Å². The molecule has 1 aromatic heterocycles. The molecule has 7 heteroatoms. The predicted octanol–water partition coefficient (Wildman–Crippen LogP) is 2.31. The molecule has 6 nitrogen and oxygen atoms in total. The van der Waals surface area contributed by atoms with Crippen LogP contribution in [-0.4, -0.2) is 29.7 Å². The van der Waals surface area contributed by atoms with Crippen LogP contribution >= 0.6 is 0 Å². The third-order valence-electron chi connectivity index (χ3n) is 4.32. The molecule has 2 aromatic rings. The van der Waals surface area contributed by atoms with E-state index >= 15 is 0 Å². The highest BCUT2D eigenvalue weighted by Gasteiger charge is 2.23. The first kappa shape index (κ1) is 17.0. The molecule has 1 aromatic carbocycles. The number of rotatable bonds is 3. The monoisotopic (exact) mass is 344 g/mol. The summed E-state index contributed by atoms with van der Waals surface area (Å²) in [4.78, 5) is 26.1. The van der Waals surface area contributed by atoms with Crippen LogP contribution in [0.4, 0.5) is 20.6 Å². The largest absolute Gasteiger partial charge is 0.367 e. The van der Waals surface area contributed by atoms with Crippen LogP contribution < -0.4 is 21.1 Å². The van der Waals surface area contributed by atoms with Gasteiger partial charge in [0.05, 0.1) is 5.69 Å². The van der Waals surface area contributed by atoms with Crippen LogP contribution in [0.15, 0.2) is 47.4 Å². The minimum Gasteiger partial charge on any atom is -0.367 e. The Bertz CT molecular complexity index is 821. The zero-order chi connectivity index (χ0) is 17.8. The van der Waals surface area contributed by atoms with Gasteiger partial charge in [0.1, 0.15) is 11.5 Å². The fraction of sp³-hybridized carbons (Fsp3) is 0.333. The van der Waals surface area contributed by atoms with E-state index < -0.39 is 6.03 Å². The van der Waals surface area contributed by atoms with Crippen molar-refractivity contribution in [2.75, 3.05) is 23.3 Å². The summed E-state index contributed by atoms with van der Waals surface area (Å²) in [5.74, 6) is -0.264. The Kier molecular flexibility index (Phi) is 5.02. The molecule has 1 aliphatic heterocycles. The SMILES string of the molecule is Cn1cccc(NC(=O)N[C@@H]2CCCN(c3ccccc3F)C2)c1=O. The van der Waals surface area contributed by atoms with Crippen LogP contribution in [0.1, 0.15) is 12.8 Å². The molecule has 2 amide bonds. The number of benzene rings is 1. The lowest BCUT2D eigenvalue weighted by Crippen LogP contribution is -2.49. The van der Waals surface area contributed by atoms with Gasteiger partial charge in [-0.15, -0.1) is 0 Å². The van der Waals surface area contributed by atoms with Gasteiger partial charge in [-0.1, -0.05) is 12.1 Å². The molecule has 2 N–H and O–H groups in total. The van der Waals surface area contributed by atoms with Crippen molar-refractivity contribution in [3.05, 3.63) is 58.8 Å². The van der Waals surface area contributed by atoms with Crippen LogP contribution in [0.3, 0.4) is 0 Å². The molecule has 1 aliphatic rings. The van der Waals surface area contributed by atoms with Crippen LogP contribution in [0.5, 0.6) is 0 Å². The molecule has 25 heavy (non-hydrogen) atoms. The van der Waals surface area contributed by atoms with E-state index in [1.54, 1.807) is 43.6 Å². The Morgan fingerprint density at radius 1 is 1.24 bits per heavy atom. The third-order valence-corrected chi connectivity index (χ3v) is 4.32. The molecule has 0 radical (unpaired) electrons. The van der Waals surface area contributed by atoms with E-state index in [-0.39, 0.29) is 23.1 Å². The summed E-state index contributed by atoms with van der Waals surface area (Å²) in [7, 11) is 1.62. The second-order valence-corrected chi connectivity index (χ2v) is 6.17. The van der Waals surface area contributed by atoms with E-state index in [0.29, 0.717) is 12.2 Å². The highest BCUT2D eigenvalue weighted by Crippen LogP contribution is 2.22. The second kappa shape index (κ2) is 7.38. The second-order valence-electron chi connectivity index (χ2n) is 6.17. The van der Waals surface area contributed by atoms with Crippen LogP contribution in [-0.2, 0) is 7.05 Å². The first-order chi connectivity index (χ1) is 12.0. The minimum absolute atomic E-state index is 0.110. The lowest BCUT2D eigenvalue weighted by atomic mass is 10.0. The molecule has 2 heterocycles. The number of aromatic nitrogens is 1. The van der Waals surface area contributed by atoms with Gasteiger partial charge in [-0.3, -0.25) is 4.79 Å². The maximum atomic E-state index is 14.0. The maximum Gasteiger partial charge on any atom is 0.319 e. The Balaban J connectivity index is 1.63. The topological polar surface area (TPSA) is 66.4 Å². The molecule has 3 rings (SSSR count). The Hall–Kier alpha value is -2.83. The van der Waals surface area contributed by atoms with Crippen molar-refractivity contribution >= 4 is 17.4 Å². The van der Waals surface area contributed by atoms with Gasteiger partial charge < -0.3 is 20.1 Å². The summed E-state index contributed by atoms with van der Waals surface area (Å²) in [5, 5.41) is 5.46. The van der Waals surface area contributed by atoms with Crippen molar-refractivity contribution in [3.63, 3.8) is 0 Å². The number of hydrogen-bond donors (Lipinski definition) is 2. The molecule has 1 fully saturated rings. The molecule has 0 saturated carbocycles. The number of para-hydroxylation sites is 1. The first-order valence-electron chi connectivity index (χ1n) is 8.27. The Morgan fingerprint density at radius 3 is 2.84 bits per heavy atom. The van der Waals surface area contributed by atoms with Crippen LogP contribution in [0.2, 0.25) is 0 Å². The van der Waals surface area contributed by atoms with Gasteiger partial charge in [0, 0.05) is 32.4 Å². The average Bonchev–Trinajstić information content (AvgIpc) is 2.59. The molecule has 0 spiro atoms. The van der Waals surface area contributed by atoms with E-state index in [0.717, 1.165) is 19.4 Å². The summed E-state index contributed by atoms with van der Waals surface area (Å²) in [6, 6.07) is 9.35. The molecule has 0 unspecified atom stereocenters. The number of aryl methyl sites for hydroxylation is 1. The molecule has 0 aliphatic carbocycles. The van der Waals surface area contributed by atoms with Gasteiger partial charge in [-0.25, -0.2) is 9.18 Å². The number of anilines is 2. The summed E-state index contributed by atoms with van der Waals surface area (Å²) in [5.41, 5.74) is 0.505. The van der Waals surface area contributed by atoms with Crippen molar-refractivity contribution in [1.29, 1.82) is 0 Å². The van der Waals surface area contributed by atoms with Crippen molar-refractivity contribution in [2.45, 2.75) is 18.9 Å². The summed E-state index contributed by atoms with van der Waals surface area (Å²) < 4.78 is 15.4. The zero-order valence-electron chi connectivity index (χ0n) is 14.0. The van der Waals surface area contributed by atoms with E-state index in [1.165, 1.54) is 10.6 Å². The van der Waals surface area contributed by atoms with Gasteiger partial charge in [-0.05, 0) is 37.1 Å². The Morgan fingerprint density at radius 2 is 2.04 bits per heavy atom. The van der Waals surface area contributed by atoms with Gasteiger partial charge in [-0.2, -0.15) is 0 Å². The van der Waals surface area contributed by atoms with E-state index in [2.05, 4.69) is 10.6 Å². The van der Waals surface area contributed by atoms with Crippen molar-refractivity contribution < 1.29 is 9.18 Å². The summed E-state index contributed by atoms with van der Waals surface area (Å²) >= 11 is 0. The number of pyridine rings is 1. The number of amides is 2. The molecular weight excluding hydrogens is 323 g/mol. The maximum absolute atomic E-state index is 14.0. The number of carbonyl (C=O) groups excluding carboxylic acids is 1. The summed E-state index contributed by atoms with van der Waals surface area (Å²) in [6.07, 6.45) is 3.29. The van der Waals surface area contributed by atoms with Gasteiger partial charge >= 0.3 is 6.03 Å². The lowest BCUT2D eigenvalue weighted by Gasteiger charge is -2.34. The van der Waals surface area contributed by atoms with Crippen molar-refractivity contribution in [3.8, 4) is 0 Å². The number of halogens is 1. The molecular formula is C18H21FN4O2. The number of nitrogens with one attached hydrogen (secondary N) is 2. The normalized spacial score (nSPS) is 17.2. The quantitative estimate of drug-likeness (QED) is 0.898. The minimum atomic E-state index is -0.427. The molecule has 1 saturated heterocycles.